The van der Waals surface area contributed by atoms with Crippen LogP contribution >= 0.6 is 0 Å². The lowest BCUT2D eigenvalue weighted by atomic mass is 10.0. The predicted molar refractivity (Wildman–Crippen MR) is 91.1 cm³/mol. The summed E-state index contributed by atoms with van der Waals surface area (Å²) in [6.07, 6.45) is 4.31. The first-order valence-corrected chi connectivity index (χ1v) is 7.77. The normalized spacial score (nSPS) is 16.3. The molecule has 0 spiro atoms. The molecule has 0 aromatic heterocycles. The number of aliphatic imine (C=N–C) groups is 1. The van der Waals surface area contributed by atoms with Crippen molar-refractivity contribution in [2.75, 3.05) is 38.3 Å². The van der Waals surface area contributed by atoms with Crippen LogP contribution < -0.4 is 4.90 Å². The summed E-state index contributed by atoms with van der Waals surface area (Å²) >= 11 is 0. The van der Waals surface area contributed by atoms with E-state index >= 15 is 0 Å². The molecule has 0 saturated carbocycles. The summed E-state index contributed by atoms with van der Waals surface area (Å²) in [4.78, 5) is 17.8. The number of carbonyl (C=O) groups excluding carboxylic acids is 1. The molecule has 0 amide bonds. The molecule has 1 aliphatic rings. The monoisotopic (exact) mass is 300 g/mol. The number of carbonyl (C=O) groups is 1. The topological polar surface area (TPSA) is 41.9 Å². The largest absolute Gasteiger partial charge is 0.378 e. The van der Waals surface area contributed by atoms with E-state index in [4.69, 9.17) is 4.74 Å². The van der Waals surface area contributed by atoms with Gasteiger partial charge in [0.25, 0.3) is 0 Å². The molecular weight excluding hydrogens is 276 g/mol. The Bertz CT molecular complexity index is 585. The van der Waals surface area contributed by atoms with Crippen LogP contribution in [0.5, 0.6) is 0 Å². The zero-order chi connectivity index (χ0) is 15.9. The van der Waals surface area contributed by atoms with E-state index in [1.54, 1.807) is 26.1 Å². The van der Waals surface area contributed by atoms with Crippen LogP contribution in [0.4, 0.5) is 5.69 Å². The highest BCUT2D eigenvalue weighted by Crippen LogP contribution is 2.24. The number of hydrogen-bond acceptors (Lipinski definition) is 4. The number of allylic oxidation sites excluding steroid dienone is 2. The van der Waals surface area contributed by atoms with E-state index in [0.717, 1.165) is 44.0 Å². The van der Waals surface area contributed by atoms with Crippen LogP contribution in [0.15, 0.2) is 35.3 Å². The van der Waals surface area contributed by atoms with Gasteiger partial charge in [0.15, 0.2) is 5.78 Å². The fraction of sp³-hybridized carbons (Fsp3) is 0.444. The van der Waals surface area contributed by atoms with Gasteiger partial charge in [0.1, 0.15) is 0 Å². The number of anilines is 1. The maximum Gasteiger partial charge on any atom is 0.152 e. The summed E-state index contributed by atoms with van der Waals surface area (Å²) < 4.78 is 5.43. The van der Waals surface area contributed by atoms with Gasteiger partial charge in [-0.05, 0) is 43.2 Å². The molecule has 118 valence electrons. The summed E-state index contributed by atoms with van der Waals surface area (Å²) in [6.45, 7) is 7.15. The van der Waals surface area contributed by atoms with E-state index in [9.17, 15) is 4.79 Å². The molecule has 1 aromatic rings. The fourth-order valence-corrected chi connectivity index (χ4v) is 2.64. The minimum absolute atomic E-state index is 0.0294. The van der Waals surface area contributed by atoms with Gasteiger partial charge in [0, 0.05) is 31.4 Å². The van der Waals surface area contributed by atoms with Crippen LogP contribution in [0.3, 0.4) is 0 Å². The van der Waals surface area contributed by atoms with Crippen molar-refractivity contribution in [3.8, 4) is 0 Å². The first-order chi connectivity index (χ1) is 10.7. The van der Waals surface area contributed by atoms with Crippen molar-refractivity contribution in [2.45, 2.75) is 20.3 Å². The van der Waals surface area contributed by atoms with Crippen LogP contribution in [0.2, 0.25) is 0 Å². The molecule has 1 aromatic carbocycles. The molecule has 0 bridgehead atoms. The van der Waals surface area contributed by atoms with Gasteiger partial charge in [-0.15, -0.1) is 0 Å². The second kappa shape index (κ2) is 7.90. The van der Waals surface area contributed by atoms with Gasteiger partial charge in [0.05, 0.1) is 18.9 Å². The molecule has 4 nitrogen and oxygen atoms in total. The fourth-order valence-electron chi connectivity index (χ4n) is 2.64. The smallest absolute Gasteiger partial charge is 0.152 e. The number of nitrogens with zero attached hydrogens (tertiary/aromatic N) is 2. The number of ketones is 1. The summed E-state index contributed by atoms with van der Waals surface area (Å²) in [5.74, 6) is 0.0294. The number of rotatable bonds is 5. The van der Waals surface area contributed by atoms with Gasteiger partial charge in [-0.3, -0.25) is 9.79 Å². The standard InChI is InChI=1S/C18H24N2O2/c1-4-15-13-16(17(19-3)7-5-14(2)21)6-8-18(15)20-9-11-22-12-10-20/h5-8,13H,4,9-12H2,1-3H3/b7-5-,19-17+. The third-order valence-corrected chi connectivity index (χ3v) is 3.82. The zero-order valence-corrected chi connectivity index (χ0v) is 13.6. The zero-order valence-electron chi connectivity index (χ0n) is 13.6. The van der Waals surface area contributed by atoms with E-state index in [0.29, 0.717) is 0 Å². The van der Waals surface area contributed by atoms with Crippen molar-refractivity contribution in [3.63, 3.8) is 0 Å². The Morgan fingerprint density at radius 1 is 1.32 bits per heavy atom. The molecular formula is C18H24N2O2. The molecule has 4 heteroatoms. The average Bonchev–Trinajstić information content (AvgIpc) is 2.55. The van der Waals surface area contributed by atoms with E-state index < -0.39 is 0 Å². The van der Waals surface area contributed by atoms with Gasteiger partial charge in [-0.2, -0.15) is 0 Å². The van der Waals surface area contributed by atoms with Gasteiger partial charge >= 0.3 is 0 Å². The molecule has 0 atom stereocenters. The van der Waals surface area contributed by atoms with Crippen LogP contribution in [-0.2, 0) is 16.0 Å². The third-order valence-electron chi connectivity index (χ3n) is 3.82. The first kappa shape index (κ1) is 16.4. The Morgan fingerprint density at radius 2 is 2.05 bits per heavy atom. The second-order valence-corrected chi connectivity index (χ2v) is 5.35. The summed E-state index contributed by atoms with van der Waals surface area (Å²) in [7, 11) is 1.75. The quantitative estimate of drug-likeness (QED) is 0.620. The average molecular weight is 300 g/mol. The maximum atomic E-state index is 11.1. The number of benzene rings is 1. The Morgan fingerprint density at radius 3 is 2.64 bits per heavy atom. The van der Waals surface area contributed by atoms with Crippen LogP contribution in [0.25, 0.3) is 0 Å². The molecule has 1 fully saturated rings. The molecule has 0 aliphatic carbocycles. The van der Waals surface area contributed by atoms with Crippen LogP contribution in [0, 0.1) is 0 Å². The highest BCUT2D eigenvalue weighted by atomic mass is 16.5. The summed E-state index contributed by atoms with van der Waals surface area (Å²) in [5.41, 5.74) is 4.46. The van der Waals surface area contributed by atoms with Crippen LogP contribution in [0.1, 0.15) is 25.0 Å². The Balaban J connectivity index is 2.29. The van der Waals surface area contributed by atoms with Crippen molar-refractivity contribution < 1.29 is 9.53 Å². The molecule has 1 saturated heterocycles. The minimum Gasteiger partial charge on any atom is -0.378 e. The lowest BCUT2D eigenvalue weighted by molar-refractivity contribution is -0.112. The number of hydrogen-bond donors (Lipinski definition) is 0. The third kappa shape index (κ3) is 4.04. The Kier molecular flexibility index (Phi) is 5.90. The van der Waals surface area contributed by atoms with Gasteiger partial charge in [0.2, 0.25) is 0 Å². The SMILES string of the molecule is CCc1cc(C(/C=C\C(C)=O)=N/C)ccc1N1CCOCC1. The van der Waals surface area contributed by atoms with E-state index in [1.807, 2.05) is 0 Å². The van der Waals surface area contributed by atoms with Crippen molar-refractivity contribution in [1.82, 2.24) is 0 Å². The summed E-state index contributed by atoms with van der Waals surface area (Å²) in [6, 6.07) is 6.42. The van der Waals surface area contributed by atoms with E-state index in [-0.39, 0.29) is 5.78 Å². The number of morpholine rings is 1. The molecule has 0 unspecified atom stereocenters. The number of aryl methyl sites for hydroxylation is 1. The lowest BCUT2D eigenvalue weighted by Gasteiger charge is -2.30. The van der Waals surface area contributed by atoms with Crippen molar-refractivity contribution >= 4 is 17.2 Å². The highest BCUT2D eigenvalue weighted by molar-refractivity contribution is 6.11. The number of ether oxygens (including phenoxy) is 1. The molecule has 1 aliphatic heterocycles. The first-order valence-electron chi connectivity index (χ1n) is 7.77. The van der Waals surface area contributed by atoms with E-state index in [2.05, 4.69) is 35.0 Å². The van der Waals surface area contributed by atoms with Gasteiger partial charge in [-0.1, -0.05) is 13.0 Å². The molecule has 0 N–H and O–H groups in total. The predicted octanol–water partition coefficient (Wildman–Crippen LogP) is 2.65. The maximum absolute atomic E-state index is 11.1. The Hall–Kier alpha value is -1.94. The van der Waals surface area contributed by atoms with Crippen molar-refractivity contribution in [1.29, 1.82) is 0 Å². The molecule has 1 heterocycles. The molecule has 0 radical (unpaired) electrons. The second-order valence-electron chi connectivity index (χ2n) is 5.35. The Labute approximate surface area is 132 Å². The minimum atomic E-state index is 0.0294. The van der Waals surface area contributed by atoms with Crippen molar-refractivity contribution in [2.24, 2.45) is 4.99 Å². The lowest BCUT2D eigenvalue weighted by Crippen LogP contribution is -2.36. The van der Waals surface area contributed by atoms with Gasteiger partial charge in [-0.25, -0.2) is 0 Å². The van der Waals surface area contributed by atoms with Crippen LogP contribution in [-0.4, -0.2) is 44.8 Å². The molecule has 22 heavy (non-hydrogen) atoms. The summed E-state index contributed by atoms with van der Waals surface area (Å²) in [5, 5.41) is 0. The highest BCUT2D eigenvalue weighted by Gasteiger charge is 2.15. The van der Waals surface area contributed by atoms with E-state index in [1.165, 1.54) is 11.3 Å². The van der Waals surface area contributed by atoms with Crippen molar-refractivity contribution in [3.05, 3.63) is 41.5 Å². The van der Waals surface area contributed by atoms with Gasteiger partial charge < -0.3 is 9.64 Å². The molecule has 2 rings (SSSR count).